The monoisotopic (exact) mass is 300 g/mol. The van der Waals surface area contributed by atoms with Gasteiger partial charge in [0.15, 0.2) is 0 Å². The Hall–Kier alpha value is -1.51. The van der Waals surface area contributed by atoms with Gasteiger partial charge < -0.3 is 0 Å². The topological polar surface area (TPSA) is 89.8 Å². The lowest BCUT2D eigenvalue weighted by Gasteiger charge is -2.36. The SMILES string of the molecule is CC1(C)COS(=O)(=O)N(Cc2ccccc2[N+](=O)[O-])C1. The van der Waals surface area contributed by atoms with E-state index in [2.05, 4.69) is 0 Å². The van der Waals surface area contributed by atoms with Crippen LogP contribution in [-0.4, -0.2) is 30.8 Å². The number of nitro benzene ring substituents is 1. The molecule has 0 unspecified atom stereocenters. The summed E-state index contributed by atoms with van der Waals surface area (Å²) in [5.41, 5.74) is -0.0667. The number of rotatable bonds is 3. The van der Waals surface area contributed by atoms with Gasteiger partial charge in [-0.1, -0.05) is 32.0 Å². The summed E-state index contributed by atoms with van der Waals surface area (Å²) in [6, 6.07) is 6.10. The Morgan fingerprint density at radius 3 is 2.70 bits per heavy atom. The van der Waals surface area contributed by atoms with E-state index in [1.54, 1.807) is 18.2 Å². The van der Waals surface area contributed by atoms with Gasteiger partial charge in [0.05, 0.1) is 11.5 Å². The number of nitrogens with zero attached hydrogens (tertiary/aromatic N) is 2. The van der Waals surface area contributed by atoms with E-state index in [0.717, 1.165) is 4.31 Å². The van der Waals surface area contributed by atoms with Crippen LogP contribution in [0.4, 0.5) is 5.69 Å². The molecule has 1 heterocycles. The molecule has 7 nitrogen and oxygen atoms in total. The maximum absolute atomic E-state index is 11.9. The summed E-state index contributed by atoms with van der Waals surface area (Å²) in [4.78, 5) is 10.4. The first-order chi connectivity index (χ1) is 9.21. The first-order valence-corrected chi connectivity index (χ1v) is 7.45. The molecule has 1 aromatic carbocycles. The van der Waals surface area contributed by atoms with Crippen LogP contribution >= 0.6 is 0 Å². The van der Waals surface area contributed by atoms with Gasteiger partial charge in [-0.2, -0.15) is 12.7 Å². The zero-order valence-corrected chi connectivity index (χ0v) is 12.1. The van der Waals surface area contributed by atoms with Crippen LogP contribution in [0.3, 0.4) is 0 Å². The van der Waals surface area contributed by atoms with Gasteiger partial charge in [0.2, 0.25) is 0 Å². The van der Waals surface area contributed by atoms with Crippen LogP contribution in [0.1, 0.15) is 19.4 Å². The Morgan fingerprint density at radius 2 is 2.05 bits per heavy atom. The van der Waals surface area contributed by atoms with Crippen LogP contribution in [0.25, 0.3) is 0 Å². The zero-order chi connectivity index (χ0) is 15.0. The van der Waals surface area contributed by atoms with Crippen LogP contribution in [0.15, 0.2) is 24.3 Å². The van der Waals surface area contributed by atoms with Crippen LogP contribution in [0, 0.1) is 15.5 Å². The van der Waals surface area contributed by atoms with E-state index in [4.69, 9.17) is 4.18 Å². The van der Waals surface area contributed by atoms with E-state index < -0.39 is 15.2 Å². The van der Waals surface area contributed by atoms with E-state index in [0.29, 0.717) is 5.56 Å². The molecule has 2 rings (SSSR count). The maximum atomic E-state index is 11.9. The summed E-state index contributed by atoms with van der Waals surface area (Å²) >= 11 is 0. The third-order valence-corrected chi connectivity index (χ3v) is 4.36. The lowest BCUT2D eigenvalue weighted by Crippen LogP contribution is -2.47. The highest BCUT2D eigenvalue weighted by Crippen LogP contribution is 2.29. The molecule has 0 spiro atoms. The lowest BCUT2D eigenvalue weighted by atomic mass is 9.95. The Kier molecular flexibility index (Phi) is 3.81. The van der Waals surface area contributed by atoms with E-state index in [-0.39, 0.29) is 30.8 Å². The van der Waals surface area contributed by atoms with Gasteiger partial charge in [-0.05, 0) is 0 Å². The predicted octanol–water partition coefficient (Wildman–Crippen LogP) is 1.70. The van der Waals surface area contributed by atoms with Gasteiger partial charge in [-0.25, -0.2) is 0 Å². The third-order valence-electron chi connectivity index (χ3n) is 3.05. The zero-order valence-electron chi connectivity index (χ0n) is 11.3. The molecule has 0 bridgehead atoms. The molecule has 0 N–H and O–H groups in total. The summed E-state index contributed by atoms with van der Waals surface area (Å²) in [7, 11) is -3.82. The van der Waals surface area contributed by atoms with Crippen LogP contribution in [0.2, 0.25) is 0 Å². The normalized spacial score (nSPS) is 21.5. The summed E-state index contributed by atoms with van der Waals surface area (Å²) in [5, 5.41) is 11.0. The molecule has 8 heteroatoms. The smallest absolute Gasteiger partial charge is 0.258 e. The Bertz CT molecular complexity index is 626. The molecule has 1 aromatic rings. The number of nitro groups is 1. The minimum Gasteiger partial charge on any atom is -0.258 e. The standard InChI is InChI=1S/C12H16N2O5S/c1-12(2)8-13(20(17,18)19-9-12)7-10-5-3-4-6-11(10)14(15)16/h3-6H,7-9H2,1-2H3. The highest BCUT2D eigenvalue weighted by atomic mass is 32.2. The highest BCUT2D eigenvalue weighted by Gasteiger charge is 2.38. The van der Waals surface area contributed by atoms with Crippen molar-refractivity contribution in [1.29, 1.82) is 0 Å². The molecule has 0 aliphatic carbocycles. The highest BCUT2D eigenvalue weighted by molar-refractivity contribution is 7.84. The second kappa shape index (κ2) is 5.12. The lowest BCUT2D eigenvalue weighted by molar-refractivity contribution is -0.385. The quantitative estimate of drug-likeness (QED) is 0.626. The average Bonchev–Trinajstić information content (AvgIpc) is 2.35. The minimum absolute atomic E-state index is 0.0666. The number of benzene rings is 1. The molecule has 0 saturated carbocycles. The Morgan fingerprint density at radius 1 is 1.40 bits per heavy atom. The largest absolute Gasteiger partial charge is 0.338 e. The van der Waals surface area contributed by atoms with Gasteiger partial charge in [0.1, 0.15) is 0 Å². The van der Waals surface area contributed by atoms with E-state index in [9.17, 15) is 18.5 Å². The van der Waals surface area contributed by atoms with E-state index in [1.165, 1.54) is 6.07 Å². The van der Waals surface area contributed by atoms with Crippen molar-refractivity contribution in [3.05, 3.63) is 39.9 Å². The van der Waals surface area contributed by atoms with Crippen molar-refractivity contribution >= 4 is 16.0 Å². The number of hydrogen-bond acceptors (Lipinski definition) is 5. The van der Waals surface area contributed by atoms with Gasteiger partial charge in [0.25, 0.3) is 5.69 Å². The van der Waals surface area contributed by atoms with E-state index >= 15 is 0 Å². The average molecular weight is 300 g/mol. The Balaban J connectivity index is 2.31. The minimum atomic E-state index is -3.82. The molecule has 0 amide bonds. The first-order valence-electron chi connectivity index (χ1n) is 6.08. The van der Waals surface area contributed by atoms with Crippen molar-refractivity contribution in [3.8, 4) is 0 Å². The molecule has 1 aliphatic rings. The fraction of sp³-hybridized carbons (Fsp3) is 0.500. The molecular weight excluding hydrogens is 284 g/mol. The fourth-order valence-corrected chi connectivity index (χ4v) is 3.48. The molecular formula is C12H16N2O5S. The maximum Gasteiger partial charge on any atom is 0.338 e. The van der Waals surface area contributed by atoms with Crippen molar-refractivity contribution in [1.82, 2.24) is 4.31 Å². The van der Waals surface area contributed by atoms with Gasteiger partial charge >= 0.3 is 10.3 Å². The van der Waals surface area contributed by atoms with Crippen molar-refractivity contribution < 1.29 is 17.5 Å². The molecule has 1 saturated heterocycles. The van der Waals surface area contributed by atoms with Gasteiger partial charge in [-0.15, -0.1) is 0 Å². The molecule has 110 valence electrons. The number of para-hydroxylation sites is 1. The molecule has 0 atom stereocenters. The molecule has 0 radical (unpaired) electrons. The van der Waals surface area contributed by atoms with Crippen molar-refractivity contribution in [2.75, 3.05) is 13.2 Å². The van der Waals surface area contributed by atoms with Crippen LogP contribution < -0.4 is 0 Å². The third kappa shape index (κ3) is 3.14. The van der Waals surface area contributed by atoms with Crippen molar-refractivity contribution in [2.45, 2.75) is 20.4 Å². The Labute approximate surface area is 117 Å². The van der Waals surface area contributed by atoms with Gasteiger partial charge in [-0.3, -0.25) is 14.3 Å². The molecule has 0 aromatic heterocycles. The predicted molar refractivity (Wildman–Crippen MR) is 72.2 cm³/mol. The van der Waals surface area contributed by atoms with Crippen molar-refractivity contribution in [3.63, 3.8) is 0 Å². The molecule has 1 fully saturated rings. The summed E-state index contributed by atoms with van der Waals surface area (Å²) < 4.78 is 29.8. The summed E-state index contributed by atoms with van der Waals surface area (Å²) in [6.45, 7) is 4.08. The second-order valence-corrected chi connectivity index (χ2v) is 7.15. The summed E-state index contributed by atoms with van der Waals surface area (Å²) in [5.74, 6) is 0. The number of hydrogen-bond donors (Lipinski definition) is 0. The fourth-order valence-electron chi connectivity index (χ4n) is 2.06. The van der Waals surface area contributed by atoms with Crippen LogP contribution in [-0.2, 0) is 21.0 Å². The summed E-state index contributed by atoms with van der Waals surface area (Å²) in [6.07, 6.45) is 0. The van der Waals surface area contributed by atoms with Crippen molar-refractivity contribution in [2.24, 2.45) is 5.41 Å². The van der Waals surface area contributed by atoms with E-state index in [1.807, 2.05) is 13.8 Å². The molecule has 20 heavy (non-hydrogen) atoms. The molecule has 1 aliphatic heterocycles. The second-order valence-electron chi connectivity index (χ2n) is 5.54. The first kappa shape index (κ1) is 14.9. The van der Waals surface area contributed by atoms with Crippen LogP contribution in [0.5, 0.6) is 0 Å². The van der Waals surface area contributed by atoms with Gasteiger partial charge in [0, 0.05) is 30.1 Å².